The molecule has 1 aliphatic rings. The molecule has 0 spiro atoms. The van der Waals surface area contributed by atoms with Crippen molar-refractivity contribution in [1.82, 2.24) is 14.9 Å². The van der Waals surface area contributed by atoms with E-state index in [0.717, 1.165) is 11.4 Å². The number of halogens is 1. The molecule has 25 heavy (non-hydrogen) atoms. The monoisotopic (exact) mass is 345 g/mol. The topological polar surface area (TPSA) is 64.6 Å². The highest BCUT2D eigenvalue weighted by molar-refractivity contribution is 5.77. The van der Waals surface area contributed by atoms with Crippen LogP contribution in [-0.2, 0) is 9.53 Å². The van der Waals surface area contributed by atoms with Gasteiger partial charge in [0.1, 0.15) is 23.5 Å². The van der Waals surface area contributed by atoms with Crippen LogP contribution < -0.4 is 4.74 Å². The number of rotatable bonds is 4. The number of hydrogen-bond acceptors (Lipinski definition) is 5. The predicted octanol–water partition coefficient (Wildman–Crippen LogP) is 2.21. The number of nitrogens with zero attached hydrogens (tertiary/aromatic N) is 3. The van der Waals surface area contributed by atoms with Crippen molar-refractivity contribution in [2.75, 3.05) is 26.3 Å². The number of carbonyl (C=O) groups is 1. The second-order valence-corrected chi connectivity index (χ2v) is 5.93. The molecular formula is C18H20FN3O3. The van der Waals surface area contributed by atoms with E-state index in [1.807, 2.05) is 19.9 Å². The second-order valence-electron chi connectivity index (χ2n) is 5.93. The zero-order chi connectivity index (χ0) is 17.8. The lowest BCUT2D eigenvalue weighted by atomic mass is 10.1. The van der Waals surface area contributed by atoms with Crippen molar-refractivity contribution in [3.05, 3.63) is 53.4 Å². The number of aromatic nitrogens is 2. The molecule has 1 aromatic carbocycles. The summed E-state index contributed by atoms with van der Waals surface area (Å²) in [7, 11) is 0. The van der Waals surface area contributed by atoms with Crippen LogP contribution in [0.4, 0.5) is 4.39 Å². The van der Waals surface area contributed by atoms with E-state index < -0.39 is 5.82 Å². The first-order valence-electron chi connectivity index (χ1n) is 8.11. The smallest absolute Gasteiger partial charge is 0.260 e. The van der Waals surface area contributed by atoms with Gasteiger partial charge < -0.3 is 14.4 Å². The normalized spacial score (nSPS) is 17.4. The fraction of sp³-hybridized carbons (Fsp3) is 0.389. The molecule has 1 saturated heterocycles. The van der Waals surface area contributed by atoms with Gasteiger partial charge >= 0.3 is 0 Å². The van der Waals surface area contributed by atoms with Crippen LogP contribution in [0.3, 0.4) is 0 Å². The number of benzene rings is 1. The minimum atomic E-state index is -0.397. The third-order valence-electron chi connectivity index (χ3n) is 3.89. The van der Waals surface area contributed by atoms with Crippen molar-refractivity contribution in [3.63, 3.8) is 0 Å². The first-order valence-corrected chi connectivity index (χ1v) is 8.11. The average Bonchev–Trinajstić information content (AvgIpc) is 2.59. The third-order valence-corrected chi connectivity index (χ3v) is 3.89. The highest BCUT2D eigenvalue weighted by Gasteiger charge is 2.27. The van der Waals surface area contributed by atoms with E-state index in [2.05, 4.69) is 9.97 Å². The van der Waals surface area contributed by atoms with E-state index in [1.165, 1.54) is 12.1 Å². The molecule has 1 amide bonds. The first kappa shape index (κ1) is 17.3. The van der Waals surface area contributed by atoms with Gasteiger partial charge in [-0.15, -0.1) is 0 Å². The quantitative estimate of drug-likeness (QED) is 0.850. The van der Waals surface area contributed by atoms with E-state index in [9.17, 15) is 9.18 Å². The Hall–Kier alpha value is -2.54. The largest absolute Gasteiger partial charge is 0.484 e. The van der Waals surface area contributed by atoms with Gasteiger partial charge in [0.15, 0.2) is 6.61 Å². The van der Waals surface area contributed by atoms with Gasteiger partial charge in [-0.3, -0.25) is 4.79 Å². The van der Waals surface area contributed by atoms with Gasteiger partial charge in [-0.25, -0.2) is 14.4 Å². The number of amides is 1. The Morgan fingerprint density at radius 1 is 1.36 bits per heavy atom. The number of carbonyl (C=O) groups excluding carboxylic acids is 1. The van der Waals surface area contributed by atoms with Crippen LogP contribution >= 0.6 is 0 Å². The standard InChI is InChI=1S/C18H20FN3O3/c1-12-8-16(21-13(2)20-12)17-10-22(6-7-24-17)18(23)11-25-15-5-3-4-14(19)9-15/h3-5,8-9,17H,6-7,10-11H2,1-2H3/t17-/m0/s1. The van der Waals surface area contributed by atoms with E-state index in [4.69, 9.17) is 9.47 Å². The van der Waals surface area contributed by atoms with Gasteiger partial charge in [0.25, 0.3) is 5.91 Å². The molecule has 0 saturated carbocycles. The van der Waals surface area contributed by atoms with Gasteiger partial charge in [-0.2, -0.15) is 0 Å². The highest BCUT2D eigenvalue weighted by atomic mass is 19.1. The Labute approximate surface area is 145 Å². The Kier molecular flexibility index (Phi) is 5.23. The molecule has 2 aromatic rings. The van der Waals surface area contributed by atoms with Crippen LogP contribution in [0.5, 0.6) is 5.75 Å². The minimum absolute atomic E-state index is 0.141. The lowest BCUT2D eigenvalue weighted by Crippen LogP contribution is -2.44. The lowest BCUT2D eigenvalue weighted by molar-refractivity contribution is -0.141. The summed E-state index contributed by atoms with van der Waals surface area (Å²) in [5.74, 6) is 0.447. The Morgan fingerprint density at radius 2 is 2.20 bits per heavy atom. The zero-order valence-corrected chi connectivity index (χ0v) is 14.2. The SMILES string of the molecule is Cc1cc([C@@H]2CN(C(=O)COc3cccc(F)c3)CCO2)nc(C)n1. The maximum absolute atomic E-state index is 13.1. The van der Waals surface area contributed by atoms with Gasteiger partial charge in [0.2, 0.25) is 0 Å². The van der Waals surface area contributed by atoms with E-state index in [0.29, 0.717) is 31.3 Å². The molecular weight excluding hydrogens is 325 g/mol. The van der Waals surface area contributed by atoms with Crippen molar-refractivity contribution in [2.24, 2.45) is 0 Å². The molecule has 6 nitrogen and oxygen atoms in total. The summed E-state index contributed by atoms with van der Waals surface area (Å²) in [6.45, 7) is 4.91. The molecule has 0 N–H and O–H groups in total. The molecule has 0 unspecified atom stereocenters. The van der Waals surface area contributed by atoms with Crippen molar-refractivity contribution >= 4 is 5.91 Å². The van der Waals surface area contributed by atoms with Gasteiger partial charge in [0, 0.05) is 18.3 Å². The number of morpholine rings is 1. The molecule has 0 radical (unpaired) electrons. The van der Waals surface area contributed by atoms with Crippen LogP contribution in [0.25, 0.3) is 0 Å². The summed E-state index contributed by atoms with van der Waals surface area (Å²) in [6.07, 6.45) is -0.285. The average molecular weight is 345 g/mol. The highest BCUT2D eigenvalue weighted by Crippen LogP contribution is 2.21. The third kappa shape index (κ3) is 4.51. The minimum Gasteiger partial charge on any atom is -0.484 e. The predicted molar refractivity (Wildman–Crippen MR) is 88.7 cm³/mol. The molecule has 1 atom stereocenters. The van der Waals surface area contributed by atoms with Crippen LogP contribution in [0.15, 0.2) is 30.3 Å². The summed E-state index contributed by atoms with van der Waals surface area (Å²) in [6, 6.07) is 7.61. The maximum atomic E-state index is 13.1. The van der Waals surface area contributed by atoms with Crippen LogP contribution in [-0.4, -0.2) is 47.1 Å². The van der Waals surface area contributed by atoms with Crippen LogP contribution in [0, 0.1) is 19.7 Å². The molecule has 7 heteroatoms. The first-order chi connectivity index (χ1) is 12.0. The lowest BCUT2D eigenvalue weighted by Gasteiger charge is -2.32. The molecule has 1 aromatic heterocycles. The summed E-state index contributed by atoms with van der Waals surface area (Å²) in [5, 5.41) is 0. The fourth-order valence-electron chi connectivity index (χ4n) is 2.76. The number of ether oxygens (including phenoxy) is 2. The fourth-order valence-corrected chi connectivity index (χ4v) is 2.76. The second kappa shape index (κ2) is 7.57. The van der Waals surface area contributed by atoms with Gasteiger partial charge in [-0.05, 0) is 32.0 Å². The Morgan fingerprint density at radius 3 is 2.96 bits per heavy atom. The van der Waals surface area contributed by atoms with E-state index >= 15 is 0 Å². The van der Waals surface area contributed by atoms with Gasteiger partial charge in [-0.1, -0.05) is 6.07 Å². The van der Waals surface area contributed by atoms with Crippen molar-refractivity contribution in [2.45, 2.75) is 20.0 Å². The van der Waals surface area contributed by atoms with Crippen LogP contribution in [0.2, 0.25) is 0 Å². The molecule has 3 rings (SSSR count). The summed E-state index contributed by atoms with van der Waals surface area (Å²) in [5.41, 5.74) is 1.64. The van der Waals surface area contributed by atoms with Crippen LogP contribution in [0.1, 0.15) is 23.3 Å². The van der Waals surface area contributed by atoms with Crippen molar-refractivity contribution in [3.8, 4) is 5.75 Å². The van der Waals surface area contributed by atoms with Gasteiger partial charge in [0.05, 0.1) is 18.8 Å². The maximum Gasteiger partial charge on any atom is 0.260 e. The molecule has 2 heterocycles. The summed E-state index contributed by atoms with van der Waals surface area (Å²) < 4.78 is 24.3. The molecule has 1 fully saturated rings. The molecule has 0 bridgehead atoms. The summed E-state index contributed by atoms with van der Waals surface area (Å²) >= 11 is 0. The van der Waals surface area contributed by atoms with Crippen molar-refractivity contribution < 1.29 is 18.7 Å². The zero-order valence-electron chi connectivity index (χ0n) is 14.2. The van der Waals surface area contributed by atoms with E-state index in [-0.39, 0.29) is 18.6 Å². The Bertz CT molecular complexity index is 749. The number of aryl methyl sites for hydroxylation is 2. The number of hydrogen-bond donors (Lipinski definition) is 0. The molecule has 0 aliphatic carbocycles. The molecule has 132 valence electrons. The Balaban J connectivity index is 1.61. The van der Waals surface area contributed by atoms with Crippen molar-refractivity contribution in [1.29, 1.82) is 0 Å². The molecule has 1 aliphatic heterocycles. The van der Waals surface area contributed by atoms with E-state index in [1.54, 1.807) is 17.0 Å². The summed E-state index contributed by atoms with van der Waals surface area (Å²) in [4.78, 5) is 22.7.